The molecule has 15 heavy (non-hydrogen) atoms. The number of rotatable bonds is 5. The summed E-state index contributed by atoms with van der Waals surface area (Å²) < 4.78 is 5.46. The van der Waals surface area contributed by atoms with E-state index >= 15 is 0 Å². The van der Waals surface area contributed by atoms with Gasteiger partial charge >= 0.3 is 7.12 Å². The molecule has 82 valence electrons. The van der Waals surface area contributed by atoms with Crippen LogP contribution in [0.25, 0.3) is 0 Å². The van der Waals surface area contributed by atoms with E-state index in [9.17, 15) is 0 Å². The second-order valence-electron chi connectivity index (χ2n) is 3.65. The predicted molar refractivity (Wildman–Crippen MR) is 59.0 cm³/mol. The Morgan fingerprint density at radius 2 is 2.20 bits per heavy atom. The number of pyridine rings is 1. The van der Waals surface area contributed by atoms with Gasteiger partial charge in [-0.25, -0.2) is 0 Å². The summed E-state index contributed by atoms with van der Waals surface area (Å²) in [5.74, 6) is 1.05. The maximum atomic E-state index is 8.93. The minimum Gasteiger partial charge on any atom is -0.492 e. The van der Waals surface area contributed by atoms with Crippen LogP contribution in [0.2, 0.25) is 0 Å². The van der Waals surface area contributed by atoms with Crippen LogP contribution in [0.4, 0.5) is 0 Å². The van der Waals surface area contributed by atoms with E-state index in [0.29, 0.717) is 23.7 Å². The summed E-state index contributed by atoms with van der Waals surface area (Å²) in [6.45, 7) is 4.81. The molecule has 0 saturated carbocycles. The third-order valence-corrected chi connectivity index (χ3v) is 2.26. The first-order valence-electron chi connectivity index (χ1n) is 5.07. The predicted octanol–water partition coefficient (Wildman–Crippen LogP) is 0.186. The first kappa shape index (κ1) is 12.0. The molecule has 1 aromatic heterocycles. The van der Waals surface area contributed by atoms with Crippen LogP contribution in [0.1, 0.15) is 20.3 Å². The third kappa shape index (κ3) is 3.89. The molecule has 0 spiro atoms. The average molecular weight is 209 g/mol. The summed E-state index contributed by atoms with van der Waals surface area (Å²) in [7, 11) is -1.50. The highest BCUT2D eigenvalue weighted by Gasteiger charge is 2.12. The lowest BCUT2D eigenvalue weighted by molar-refractivity contribution is 0.256. The van der Waals surface area contributed by atoms with Crippen molar-refractivity contribution in [3.05, 3.63) is 18.5 Å². The van der Waals surface area contributed by atoms with E-state index in [2.05, 4.69) is 18.8 Å². The summed E-state index contributed by atoms with van der Waals surface area (Å²) in [5.41, 5.74) is 0.344. The largest absolute Gasteiger partial charge is 0.492 e. The zero-order valence-corrected chi connectivity index (χ0v) is 9.05. The van der Waals surface area contributed by atoms with Gasteiger partial charge in [0.1, 0.15) is 5.75 Å². The molecule has 0 aliphatic rings. The molecule has 2 N–H and O–H groups in total. The van der Waals surface area contributed by atoms with Crippen molar-refractivity contribution in [2.75, 3.05) is 6.61 Å². The van der Waals surface area contributed by atoms with Crippen LogP contribution in [0, 0.1) is 5.92 Å². The van der Waals surface area contributed by atoms with Gasteiger partial charge in [-0.15, -0.1) is 0 Å². The van der Waals surface area contributed by atoms with Crippen molar-refractivity contribution in [2.45, 2.75) is 20.3 Å². The Morgan fingerprint density at radius 1 is 1.47 bits per heavy atom. The van der Waals surface area contributed by atoms with Crippen molar-refractivity contribution in [1.29, 1.82) is 0 Å². The van der Waals surface area contributed by atoms with Crippen LogP contribution >= 0.6 is 0 Å². The lowest BCUT2D eigenvalue weighted by Crippen LogP contribution is -2.30. The summed E-state index contributed by atoms with van der Waals surface area (Å²) in [5, 5.41) is 17.9. The summed E-state index contributed by atoms with van der Waals surface area (Å²) in [4.78, 5) is 3.86. The molecule has 0 amide bonds. The maximum absolute atomic E-state index is 8.93. The molecular weight excluding hydrogens is 193 g/mol. The minimum atomic E-state index is -1.50. The topological polar surface area (TPSA) is 62.6 Å². The quantitative estimate of drug-likeness (QED) is 0.679. The first-order chi connectivity index (χ1) is 7.13. The SMILES string of the molecule is CCC(C)COc1cncc(B(O)O)c1. The van der Waals surface area contributed by atoms with Gasteiger partial charge in [0.05, 0.1) is 12.8 Å². The van der Waals surface area contributed by atoms with Crippen molar-refractivity contribution in [3.8, 4) is 5.75 Å². The van der Waals surface area contributed by atoms with Crippen LogP contribution < -0.4 is 10.2 Å². The minimum absolute atomic E-state index is 0.344. The second-order valence-corrected chi connectivity index (χ2v) is 3.65. The summed E-state index contributed by atoms with van der Waals surface area (Å²) in [6.07, 6.45) is 4.02. The van der Waals surface area contributed by atoms with Crippen LogP contribution in [-0.2, 0) is 0 Å². The highest BCUT2D eigenvalue weighted by molar-refractivity contribution is 6.58. The first-order valence-corrected chi connectivity index (χ1v) is 5.07. The summed E-state index contributed by atoms with van der Waals surface area (Å²) in [6, 6.07) is 1.58. The van der Waals surface area contributed by atoms with Gasteiger partial charge in [0.15, 0.2) is 0 Å². The Morgan fingerprint density at radius 3 is 2.80 bits per heavy atom. The number of hydrogen-bond donors (Lipinski definition) is 2. The smallest absolute Gasteiger partial charge is 0.490 e. The number of aromatic nitrogens is 1. The molecule has 1 aromatic rings. The Bertz CT molecular complexity index is 306. The van der Waals surface area contributed by atoms with Gasteiger partial charge in [-0.3, -0.25) is 4.98 Å². The zero-order chi connectivity index (χ0) is 11.3. The summed E-state index contributed by atoms with van der Waals surface area (Å²) >= 11 is 0. The van der Waals surface area contributed by atoms with Gasteiger partial charge in [-0.2, -0.15) is 0 Å². The zero-order valence-electron chi connectivity index (χ0n) is 9.05. The van der Waals surface area contributed by atoms with Gasteiger partial charge in [0.25, 0.3) is 0 Å². The fourth-order valence-electron chi connectivity index (χ4n) is 1.01. The Hall–Kier alpha value is -1.07. The van der Waals surface area contributed by atoms with Crippen molar-refractivity contribution in [1.82, 2.24) is 4.98 Å². The molecule has 1 atom stereocenters. The van der Waals surface area contributed by atoms with E-state index in [1.165, 1.54) is 6.20 Å². The van der Waals surface area contributed by atoms with E-state index in [-0.39, 0.29) is 0 Å². The van der Waals surface area contributed by atoms with Gasteiger partial charge in [-0.05, 0) is 12.0 Å². The molecule has 1 heterocycles. The fraction of sp³-hybridized carbons (Fsp3) is 0.500. The average Bonchev–Trinajstić information content (AvgIpc) is 2.26. The van der Waals surface area contributed by atoms with Crippen molar-refractivity contribution in [3.63, 3.8) is 0 Å². The normalized spacial score (nSPS) is 12.3. The van der Waals surface area contributed by atoms with Crippen molar-refractivity contribution < 1.29 is 14.8 Å². The second kappa shape index (κ2) is 5.73. The number of hydrogen-bond acceptors (Lipinski definition) is 4. The molecule has 0 aliphatic heterocycles. The lowest BCUT2D eigenvalue weighted by Gasteiger charge is -2.11. The molecule has 0 bridgehead atoms. The molecule has 0 aliphatic carbocycles. The van der Waals surface area contributed by atoms with Gasteiger partial charge in [-0.1, -0.05) is 20.3 Å². The van der Waals surface area contributed by atoms with Crippen molar-refractivity contribution >= 4 is 12.6 Å². The van der Waals surface area contributed by atoms with E-state index in [1.54, 1.807) is 12.3 Å². The molecule has 1 rings (SSSR count). The van der Waals surface area contributed by atoms with E-state index in [0.717, 1.165) is 6.42 Å². The van der Waals surface area contributed by atoms with Crippen LogP contribution in [0.3, 0.4) is 0 Å². The molecule has 0 saturated heterocycles. The van der Waals surface area contributed by atoms with Crippen LogP contribution in [-0.4, -0.2) is 28.8 Å². The lowest BCUT2D eigenvalue weighted by atomic mass is 9.82. The van der Waals surface area contributed by atoms with E-state index < -0.39 is 7.12 Å². The van der Waals surface area contributed by atoms with Crippen LogP contribution in [0.15, 0.2) is 18.5 Å². The van der Waals surface area contributed by atoms with Crippen LogP contribution in [0.5, 0.6) is 5.75 Å². The maximum Gasteiger partial charge on any atom is 0.490 e. The standard InChI is InChI=1S/C10H16BNO3/c1-3-8(2)7-15-10-4-9(11(13)14)5-12-6-10/h4-6,8,13-14H,3,7H2,1-2H3. The molecule has 1 unspecified atom stereocenters. The van der Waals surface area contributed by atoms with E-state index in [4.69, 9.17) is 14.8 Å². The molecule has 0 fully saturated rings. The fourth-order valence-corrected chi connectivity index (χ4v) is 1.01. The molecule has 4 nitrogen and oxygen atoms in total. The van der Waals surface area contributed by atoms with E-state index in [1.807, 2.05) is 0 Å². The molecule has 0 radical (unpaired) electrons. The molecule has 0 aromatic carbocycles. The Balaban J connectivity index is 2.58. The Kier molecular flexibility index (Phi) is 4.58. The third-order valence-electron chi connectivity index (χ3n) is 2.26. The number of nitrogens with zero attached hydrogens (tertiary/aromatic N) is 1. The molecule has 5 heteroatoms. The van der Waals surface area contributed by atoms with Gasteiger partial charge < -0.3 is 14.8 Å². The highest BCUT2D eigenvalue weighted by Crippen LogP contribution is 2.09. The Labute approximate surface area is 90.1 Å². The monoisotopic (exact) mass is 209 g/mol. The van der Waals surface area contributed by atoms with Crippen molar-refractivity contribution in [2.24, 2.45) is 5.92 Å². The van der Waals surface area contributed by atoms with Gasteiger partial charge in [0.2, 0.25) is 0 Å². The molecular formula is C10H16BNO3. The number of ether oxygens (including phenoxy) is 1. The highest BCUT2D eigenvalue weighted by atomic mass is 16.5. The van der Waals surface area contributed by atoms with Gasteiger partial charge in [0, 0.05) is 11.7 Å².